The lowest BCUT2D eigenvalue weighted by molar-refractivity contribution is -0.380. The monoisotopic (exact) mass is 962 g/mol. The topological polar surface area (TPSA) is 346 Å². The van der Waals surface area contributed by atoms with Crippen molar-refractivity contribution in [1.29, 1.82) is 0 Å². The lowest BCUT2D eigenvalue weighted by Gasteiger charge is -2.49. The first-order chi connectivity index (χ1) is 31.8. The molecule has 0 amide bonds. The van der Waals surface area contributed by atoms with Crippen molar-refractivity contribution in [3.8, 4) is 11.5 Å². The highest BCUT2D eigenvalue weighted by molar-refractivity contribution is 5.54. The van der Waals surface area contributed by atoms with Crippen LogP contribution in [0, 0.1) is 5.92 Å². The van der Waals surface area contributed by atoms with Gasteiger partial charge in [-0.15, -0.1) is 0 Å². The number of ether oxygens (including phenoxy) is 9. The van der Waals surface area contributed by atoms with Gasteiger partial charge in [0.05, 0.1) is 26.4 Å². The molecule has 5 heterocycles. The van der Waals surface area contributed by atoms with E-state index in [1.807, 2.05) is 12.1 Å². The van der Waals surface area contributed by atoms with Crippen molar-refractivity contribution >= 4 is 0 Å². The van der Waals surface area contributed by atoms with E-state index in [-0.39, 0.29) is 11.8 Å². The van der Waals surface area contributed by atoms with Crippen LogP contribution in [0.25, 0.3) is 0 Å². The maximum absolute atomic E-state index is 12.0. The molecule has 7 rings (SSSR count). The lowest BCUT2D eigenvalue weighted by Crippen LogP contribution is -2.67. The predicted octanol–water partition coefficient (Wildman–Crippen LogP) is -3.32. The Labute approximate surface area is 387 Å². The summed E-state index contributed by atoms with van der Waals surface area (Å²) >= 11 is 0. The highest BCUT2D eigenvalue weighted by atomic mass is 16.8. The van der Waals surface area contributed by atoms with Crippen LogP contribution in [0.2, 0.25) is 0 Å². The molecule has 6 aliphatic rings. The lowest BCUT2D eigenvalue weighted by atomic mass is 9.68. The Kier molecular flexibility index (Phi) is 17.3. The van der Waals surface area contributed by atoms with Gasteiger partial charge in [0.25, 0.3) is 0 Å². The van der Waals surface area contributed by atoms with Gasteiger partial charge in [-0.25, -0.2) is 0 Å². The van der Waals surface area contributed by atoms with E-state index in [1.165, 1.54) is 5.57 Å². The molecule has 22 nitrogen and oxygen atoms in total. The van der Waals surface area contributed by atoms with Crippen molar-refractivity contribution < 1.29 is 109 Å². The van der Waals surface area contributed by atoms with E-state index in [4.69, 9.17) is 42.6 Å². The van der Waals surface area contributed by atoms with Gasteiger partial charge in [0.1, 0.15) is 115 Å². The Hall–Kier alpha value is -2.24. The first-order valence-corrected chi connectivity index (χ1v) is 23.2. The summed E-state index contributed by atoms with van der Waals surface area (Å²) in [6.45, 7) is 5.10. The van der Waals surface area contributed by atoms with Crippen molar-refractivity contribution in [2.75, 3.05) is 26.4 Å². The molecule has 22 heteroatoms. The zero-order chi connectivity index (χ0) is 48.6. The molecule has 1 unspecified atom stereocenters. The van der Waals surface area contributed by atoms with Crippen molar-refractivity contribution in [3.63, 3.8) is 0 Å². The quantitative estimate of drug-likeness (QED) is 0.0570. The molecular formula is C45H70O22. The molecule has 4 fully saturated rings. The summed E-state index contributed by atoms with van der Waals surface area (Å²) in [5, 5.41) is 139. The first kappa shape index (κ1) is 52.6. The van der Waals surface area contributed by atoms with Crippen LogP contribution >= 0.6 is 0 Å². The van der Waals surface area contributed by atoms with E-state index in [1.54, 1.807) is 0 Å². The Morgan fingerprint density at radius 1 is 0.612 bits per heavy atom. The Balaban J connectivity index is 1.20. The second-order valence-electron chi connectivity index (χ2n) is 19.1. The highest BCUT2D eigenvalue weighted by Crippen LogP contribution is 2.54. The molecule has 4 saturated heterocycles. The normalized spacial score (nSPS) is 44.2. The summed E-state index contributed by atoms with van der Waals surface area (Å²) in [5.41, 5.74) is 2.25. The minimum absolute atomic E-state index is 0.0499. The van der Waals surface area contributed by atoms with Gasteiger partial charge in [-0.1, -0.05) is 31.4 Å². The fourth-order valence-corrected chi connectivity index (χ4v) is 10.0. The summed E-state index contributed by atoms with van der Waals surface area (Å²) in [4.78, 5) is 0. The number of benzene rings is 1. The Morgan fingerprint density at radius 2 is 1.16 bits per heavy atom. The minimum Gasteiger partial charge on any atom is -0.487 e. The summed E-state index contributed by atoms with van der Waals surface area (Å²) < 4.78 is 54.1. The largest absolute Gasteiger partial charge is 0.487 e. The van der Waals surface area contributed by atoms with Crippen LogP contribution in [-0.2, 0) is 39.6 Å². The average molecular weight is 963 g/mol. The predicted molar refractivity (Wildman–Crippen MR) is 226 cm³/mol. The number of fused-ring (bicyclic) bond motifs is 3. The van der Waals surface area contributed by atoms with E-state index in [0.717, 1.165) is 43.2 Å². The number of aliphatic hydroxyl groups excluding tert-OH is 13. The van der Waals surface area contributed by atoms with Gasteiger partial charge in [0.2, 0.25) is 6.29 Å². The van der Waals surface area contributed by atoms with Crippen molar-refractivity contribution in [1.82, 2.24) is 0 Å². The maximum Gasteiger partial charge on any atom is 0.229 e. The van der Waals surface area contributed by atoms with Gasteiger partial charge < -0.3 is 109 Å². The number of hydrogen-bond acceptors (Lipinski definition) is 22. The van der Waals surface area contributed by atoms with E-state index < -0.39 is 155 Å². The number of hydrogen-bond donors (Lipinski definition) is 13. The second kappa shape index (κ2) is 22.0. The number of unbranched alkanes of at least 4 members (excludes halogenated alkanes) is 2. The molecule has 5 aliphatic heterocycles. The Morgan fingerprint density at radius 3 is 1.79 bits per heavy atom. The molecule has 1 aromatic carbocycles. The van der Waals surface area contributed by atoms with E-state index >= 15 is 0 Å². The molecule has 1 aliphatic carbocycles. The van der Waals surface area contributed by atoms with Crippen LogP contribution in [0.1, 0.15) is 76.8 Å². The highest BCUT2D eigenvalue weighted by Gasteiger charge is 2.55. The third-order valence-electron chi connectivity index (χ3n) is 14.0. The third kappa shape index (κ3) is 10.8. The van der Waals surface area contributed by atoms with E-state index in [0.29, 0.717) is 17.9 Å². The molecule has 13 N–H and O–H groups in total. The van der Waals surface area contributed by atoms with Gasteiger partial charge in [-0.3, -0.25) is 0 Å². The number of aliphatic hydroxyl groups is 13. The maximum atomic E-state index is 12.0. The minimum atomic E-state index is -2.05. The SMILES string of the molecule is CCCCCc1cc(O[C@@H]2O[C@H](COC3O[C@H](CO)[C@@H](O)[C@H](O)[C@H]3O)[C@@H](O[C@@H]3O[C@H](CO)[C@@H](O)[C@H](O[C@@H]4O[C@H](CO)[C@@H](O)[C@H](O)[C@H]4O)[C@H]3O)[C@H](O)[C@H]2O)c2c(c1)OC(C)(C)[C@@H]1CCC(C)=C[C@@H]21. The Bertz CT molecular complexity index is 1800. The fraction of sp³-hybridized carbons (Fsp3) is 0.822. The van der Waals surface area contributed by atoms with Crippen molar-refractivity contribution in [3.05, 3.63) is 34.9 Å². The molecule has 0 bridgehead atoms. The molecule has 382 valence electrons. The zero-order valence-electron chi connectivity index (χ0n) is 38.0. The van der Waals surface area contributed by atoms with Crippen LogP contribution in [0.3, 0.4) is 0 Å². The molecule has 1 aromatic rings. The average Bonchev–Trinajstić information content (AvgIpc) is 3.29. The fourth-order valence-electron chi connectivity index (χ4n) is 10.0. The molecule has 22 atom stereocenters. The van der Waals surface area contributed by atoms with Crippen LogP contribution in [0.4, 0.5) is 0 Å². The van der Waals surface area contributed by atoms with Crippen molar-refractivity contribution in [2.24, 2.45) is 5.92 Å². The smallest absolute Gasteiger partial charge is 0.229 e. The molecular weight excluding hydrogens is 892 g/mol. The summed E-state index contributed by atoms with van der Waals surface area (Å²) in [5.74, 6) is 0.815. The first-order valence-electron chi connectivity index (χ1n) is 23.2. The zero-order valence-corrected chi connectivity index (χ0v) is 38.0. The molecule has 67 heavy (non-hydrogen) atoms. The molecule has 0 spiro atoms. The van der Waals surface area contributed by atoms with Gasteiger partial charge in [0.15, 0.2) is 18.9 Å². The van der Waals surface area contributed by atoms with Gasteiger partial charge in [-0.05, 0) is 64.2 Å². The number of aryl methyl sites for hydroxylation is 1. The van der Waals surface area contributed by atoms with E-state index in [2.05, 4.69) is 33.8 Å². The van der Waals surface area contributed by atoms with E-state index in [9.17, 15) is 66.4 Å². The van der Waals surface area contributed by atoms with Gasteiger partial charge in [0, 0.05) is 17.4 Å². The van der Waals surface area contributed by atoms with Crippen LogP contribution in [0.15, 0.2) is 23.8 Å². The standard InChI is InChI=1S/C45H70O22/c1-5-6-7-8-19-12-22(28-20-11-18(2)9-10-21(20)45(3,4)67-23(28)13-19)60-42-37(57)34(54)39(27(64-42)17-59-41-35(55)32(52)29(49)24(14-46)61-41)65-44-38(58)40(31(51)26(16-48)63-44)66-43-36(56)33(53)30(50)25(15-47)62-43/h11-13,20-21,24-27,29-44,46-58H,5-10,14-17H2,1-4H3/t20-,21-,24-,25-,26-,27-,29-,30-,31-,32+,33+,34-,35-,36-,37-,38-,39-,40+,41?,42-,43+,44+/m1/s1. The molecule has 0 aromatic heterocycles. The molecule has 0 saturated carbocycles. The van der Waals surface area contributed by atoms with Crippen LogP contribution in [-0.4, -0.2) is 221 Å². The summed E-state index contributed by atoms with van der Waals surface area (Å²) in [6.07, 6.45) is -28.0. The van der Waals surface area contributed by atoms with Crippen molar-refractivity contribution in [2.45, 2.75) is 201 Å². The summed E-state index contributed by atoms with van der Waals surface area (Å²) in [6, 6.07) is 3.86. The number of rotatable bonds is 16. The second-order valence-corrected chi connectivity index (χ2v) is 19.1. The summed E-state index contributed by atoms with van der Waals surface area (Å²) in [7, 11) is 0. The molecule has 0 radical (unpaired) electrons. The van der Waals surface area contributed by atoms with Gasteiger partial charge >= 0.3 is 0 Å². The number of allylic oxidation sites excluding steroid dienone is 2. The third-order valence-corrected chi connectivity index (χ3v) is 14.0. The van der Waals surface area contributed by atoms with Crippen LogP contribution < -0.4 is 9.47 Å². The van der Waals surface area contributed by atoms with Gasteiger partial charge in [-0.2, -0.15) is 0 Å². The van der Waals surface area contributed by atoms with Crippen LogP contribution in [0.5, 0.6) is 11.5 Å².